The van der Waals surface area contributed by atoms with Crippen molar-refractivity contribution >= 4 is 51.7 Å². The lowest BCUT2D eigenvalue weighted by atomic mass is 9.96. The second kappa shape index (κ2) is 8.90. The van der Waals surface area contributed by atoms with E-state index in [2.05, 4.69) is 22.6 Å². The van der Waals surface area contributed by atoms with E-state index >= 15 is 0 Å². The van der Waals surface area contributed by atoms with Gasteiger partial charge in [-0.1, -0.05) is 70.1 Å². The minimum Gasteiger partial charge on any atom is -0.341 e. The van der Waals surface area contributed by atoms with Gasteiger partial charge in [0.1, 0.15) is 0 Å². The monoisotopic (exact) mass is 461 g/mol. The summed E-state index contributed by atoms with van der Waals surface area (Å²) in [6.45, 7) is 0.648. The number of carbonyl (C=O) groups excluding carboxylic acids is 1. The zero-order valence-corrected chi connectivity index (χ0v) is 16.5. The molecule has 1 atom stereocenters. The number of hydrogen-bond acceptors (Lipinski definition) is 1. The molecule has 1 amide bonds. The first kappa shape index (κ1) is 18.6. The Kier molecular flexibility index (Phi) is 7.18. The number of amides is 1. The van der Waals surface area contributed by atoms with Gasteiger partial charge >= 0.3 is 0 Å². The number of likely N-dealkylation sites (N-methyl/N-ethyl adjacent to an activating group) is 1. The third-order valence-corrected chi connectivity index (χ3v) is 5.10. The van der Waals surface area contributed by atoms with E-state index in [-0.39, 0.29) is 11.8 Å². The van der Waals surface area contributed by atoms with Gasteiger partial charge in [-0.3, -0.25) is 4.79 Å². The second-order valence-corrected chi connectivity index (χ2v) is 7.29. The van der Waals surface area contributed by atoms with E-state index in [1.165, 1.54) is 0 Å². The van der Waals surface area contributed by atoms with Crippen LogP contribution in [0.3, 0.4) is 0 Å². The fourth-order valence-corrected chi connectivity index (χ4v) is 3.53. The van der Waals surface area contributed by atoms with Crippen LogP contribution in [0.25, 0.3) is 0 Å². The Bertz CT molecular complexity index is 663. The molecular weight excluding hydrogens is 444 g/mol. The summed E-state index contributed by atoms with van der Waals surface area (Å²) in [4.78, 5) is 14.3. The number of rotatable bonds is 6. The van der Waals surface area contributed by atoms with Crippen molar-refractivity contribution in [2.24, 2.45) is 0 Å². The molecule has 0 unspecified atom stereocenters. The molecule has 0 saturated carbocycles. The molecular formula is C18H18Cl2INO. The first-order chi connectivity index (χ1) is 11.0. The normalized spacial score (nSPS) is 12.0. The highest BCUT2D eigenvalue weighted by atomic mass is 127. The number of alkyl halides is 1. The van der Waals surface area contributed by atoms with E-state index in [9.17, 15) is 4.79 Å². The molecule has 0 aromatic heterocycles. The smallest absolute Gasteiger partial charge is 0.253 e. The predicted octanol–water partition coefficient (Wildman–Crippen LogP) is 5.67. The molecule has 0 fully saturated rings. The highest BCUT2D eigenvalue weighted by Gasteiger charge is 2.19. The summed E-state index contributed by atoms with van der Waals surface area (Å²) < 4.78 is 1.01. The van der Waals surface area contributed by atoms with Gasteiger partial charge in [-0.2, -0.15) is 0 Å². The van der Waals surface area contributed by atoms with E-state index in [1.807, 2.05) is 55.6 Å². The molecule has 5 heteroatoms. The van der Waals surface area contributed by atoms with E-state index in [0.717, 1.165) is 16.4 Å². The number of nitrogens with zero attached hydrogens (tertiary/aromatic N) is 1. The summed E-state index contributed by atoms with van der Waals surface area (Å²) in [5.74, 6) is 0.267. The van der Waals surface area contributed by atoms with Gasteiger partial charge in [-0.05, 0) is 36.2 Å². The molecule has 0 aliphatic rings. The Labute approximate surface area is 160 Å². The molecule has 0 aliphatic carbocycles. The lowest BCUT2D eigenvalue weighted by Crippen LogP contribution is -2.31. The van der Waals surface area contributed by atoms with Crippen LogP contribution in [0.2, 0.25) is 10.0 Å². The SMILES string of the molecule is CN(C[C@@H](CCI)c1ccc(Cl)c(Cl)c1)C(=O)c1ccccc1. The summed E-state index contributed by atoms with van der Waals surface area (Å²) in [5, 5.41) is 1.11. The number of carbonyl (C=O) groups is 1. The van der Waals surface area contributed by atoms with Gasteiger partial charge in [0.25, 0.3) is 5.91 Å². The van der Waals surface area contributed by atoms with Crippen molar-refractivity contribution in [2.45, 2.75) is 12.3 Å². The largest absolute Gasteiger partial charge is 0.341 e. The fraction of sp³-hybridized carbons (Fsp3) is 0.278. The molecule has 0 spiro atoms. The minimum absolute atomic E-state index is 0.0316. The van der Waals surface area contributed by atoms with Gasteiger partial charge in [0, 0.05) is 29.5 Å². The standard InChI is InChI=1S/C18H18Cl2INO/c1-22(18(23)13-5-3-2-4-6-13)12-15(9-10-21)14-7-8-16(19)17(20)11-14/h2-8,11,15H,9-10,12H2,1H3/t15-/m1/s1. The van der Waals surface area contributed by atoms with E-state index < -0.39 is 0 Å². The van der Waals surface area contributed by atoms with Crippen LogP contribution in [-0.4, -0.2) is 28.8 Å². The summed E-state index contributed by atoms with van der Waals surface area (Å²) in [5.41, 5.74) is 1.82. The molecule has 2 rings (SSSR count). The van der Waals surface area contributed by atoms with Crippen LogP contribution in [0.15, 0.2) is 48.5 Å². The average molecular weight is 462 g/mol. The highest BCUT2D eigenvalue weighted by Crippen LogP contribution is 2.29. The van der Waals surface area contributed by atoms with Crippen molar-refractivity contribution in [1.82, 2.24) is 4.90 Å². The molecule has 0 bridgehead atoms. The van der Waals surface area contributed by atoms with Crippen molar-refractivity contribution in [1.29, 1.82) is 0 Å². The van der Waals surface area contributed by atoms with Crippen LogP contribution in [0.1, 0.15) is 28.3 Å². The molecule has 0 aliphatic heterocycles. The van der Waals surface area contributed by atoms with Crippen molar-refractivity contribution in [2.75, 3.05) is 18.0 Å². The molecule has 2 nitrogen and oxygen atoms in total. The summed E-state index contributed by atoms with van der Waals surface area (Å²) in [6.07, 6.45) is 0.977. The average Bonchev–Trinajstić information content (AvgIpc) is 2.57. The highest BCUT2D eigenvalue weighted by molar-refractivity contribution is 14.1. The zero-order chi connectivity index (χ0) is 16.8. The zero-order valence-electron chi connectivity index (χ0n) is 12.8. The maximum absolute atomic E-state index is 12.5. The molecule has 2 aromatic rings. The lowest BCUT2D eigenvalue weighted by Gasteiger charge is -2.24. The Morgan fingerprint density at radius 1 is 1.13 bits per heavy atom. The van der Waals surface area contributed by atoms with Gasteiger partial charge < -0.3 is 4.90 Å². The quantitative estimate of drug-likeness (QED) is 0.400. The summed E-state index contributed by atoms with van der Waals surface area (Å²) in [7, 11) is 1.84. The van der Waals surface area contributed by atoms with Crippen LogP contribution >= 0.6 is 45.8 Å². The third-order valence-electron chi connectivity index (χ3n) is 3.73. The number of hydrogen-bond donors (Lipinski definition) is 0. The maximum Gasteiger partial charge on any atom is 0.253 e. The topological polar surface area (TPSA) is 20.3 Å². The van der Waals surface area contributed by atoms with Crippen molar-refractivity contribution in [3.63, 3.8) is 0 Å². The molecule has 23 heavy (non-hydrogen) atoms. The summed E-state index contributed by atoms with van der Waals surface area (Å²) in [6, 6.07) is 15.1. The first-order valence-corrected chi connectivity index (χ1v) is 9.62. The van der Waals surface area contributed by atoms with Gasteiger partial charge in [0.2, 0.25) is 0 Å². The van der Waals surface area contributed by atoms with E-state index in [4.69, 9.17) is 23.2 Å². The number of halogens is 3. The first-order valence-electron chi connectivity index (χ1n) is 7.34. The predicted molar refractivity (Wildman–Crippen MR) is 106 cm³/mol. The van der Waals surface area contributed by atoms with Crippen LogP contribution in [0, 0.1) is 0 Å². The summed E-state index contributed by atoms with van der Waals surface area (Å²) >= 11 is 14.5. The van der Waals surface area contributed by atoms with Crippen molar-refractivity contribution in [3.8, 4) is 0 Å². The second-order valence-electron chi connectivity index (χ2n) is 5.40. The van der Waals surface area contributed by atoms with Gasteiger partial charge in [0.05, 0.1) is 10.0 Å². The molecule has 0 N–H and O–H groups in total. The lowest BCUT2D eigenvalue weighted by molar-refractivity contribution is 0.0785. The molecule has 2 aromatic carbocycles. The molecule has 122 valence electrons. The van der Waals surface area contributed by atoms with E-state index in [1.54, 1.807) is 4.90 Å². The van der Waals surface area contributed by atoms with Gasteiger partial charge in [-0.25, -0.2) is 0 Å². The Morgan fingerprint density at radius 2 is 1.83 bits per heavy atom. The van der Waals surface area contributed by atoms with E-state index in [0.29, 0.717) is 22.2 Å². The molecule has 0 radical (unpaired) electrons. The molecule has 0 saturated heterocycles. The van der Waals surface area contributed by atoms with Gasteiger partial charge in [0.15, 0.2) is 0 Å². The van der Waals surface area contributed by atoms with Crippen LogP contribution < -0.4 is 0 Å². The number of benzene rings is 2. The minimum atomic E-state index is 0.0316. The van der Waals surface area contributed by atoms with Crippen LogP contribution in [-0.2, 0) is 0 Å². The Balaban J connectivity index is 2.15. The maximum atomic E-state index is 12.5. The van der Waals surface area contributed by atoms with Crippen LogP contribution in [0.4, 0.5) is 0 Å². The van der Waals surface area contributed by atoms with Crippen molar-refractivity contribution < 1.29 is 4.79 Å². The van der Waals surface area contributed by atoms with Crippen molar-refractivity contribution in [3.05, 3.63) is 69.7 Å². The third kappa shape index (κ3) is 5.10. The van der Waals surface area contributed by atoms with Crippen LogP contribution in [0.5, 0.6) is 0 Å². The molecule has 0 heterocycles. The fourth-order valence-electron chi connectivity index (χ4n) is 2.48. The Morgan fingerprint density at radius 3 is 2.43 bits per heavy atom. The Hall–Kier alpha value is -0.780. The van der Waals surface area contributed by atoms with Gasteiger partial charge in [-0.15, -0.1) is 0 Å².